The lowest BCUT2D eigenvalue weighted by atomic mass is 10.1. The predicted octanol–water partition coefficient (Wildman–Crippen LogP) is 3.95. The molecule has 1 heterocycles. The number of nitrogens with one attached hydrogen (secondary N) is 2. The van der Waals surface area contributed by atoms with Gasteiger partial charge in [-0.2, -0.15) is 0 Å². The molecule has 0 radical (unpaired) electrons. The first kappa shape index (κ1) is 25.2. The number of methoxy groups -OCH3 is 3. The van der Waals surface area contributed by atoms with Gasteiger partial charge in [0.1, 0.15) is 5.01 Å². The summed E-state index contributed by atoms with van der Waals surface area (Å²) in [6.07, 6.45) is 3.49. The number of halogens is 1. The van der Waals surface area contributed by atoms with Crippen LogP contribution in [0.15, 0.2) is 46.9 Å². The van der Waals surface area contributed by atoms with Gasteiger partial charge in [0.25, 0.3) is 5.91 Å². The maximum atomic E-state index is 12.3. The SMILES string of the molecule is COc1cc(/C=C/C(=O)Nc2nnc(CCNC(=O)c3cccc(Br)c3)s2)cc(OC)c1OC. The second-order valence-corrected chi connectivity index (χ2v) is 8.78. The van der Waals surface area contributed by atoms with Crippen molar-refractivity contribution in [2.45, 2.75) is 6.42 Å². The molecule has 0 spiro atoms. The number of hydrogen-bond acceptors (Lipinski definition) is 8. The molecule has 0 bridgehead atoms. The van der Waals surface area contributed by atoms with Gasteiger partial charge in [0, 0.05) is 29.1 Å². The van der Waals surface area contributed by atoms with Crippen LogP contribution in [0.1, 0.15) is 20.9 Å². The van der Waals surface area contributed by atoms with Crippen molar-refractivity contribution in [3.05, 3.63) is 63.1 Å². The van der Waals surface area contributed by atoms with E-state index >= 15 is 0 Å². The number of carbonyl (C=O) groups is 2. The fraction of sp³-hybridized carbons (Fsp3) is 0.217. The third-order valence-corrected chi connectivity index (χ3v) is 5.91. The van der Waals surface area contributed by atoms with Gasteiger partial charge in [-0.1, -0.05) is 33.3 Å². The molecule has 2 amide bonds. The Balaban J connectivity index is 1.53. The van der Waals surface area contributed by atoms with E-state index in [1.54, 1.807) is 36.4 Å². The summed E-state index contributed by atoms with van der Waals surface area (Å²) in [6, 6.07) is 10.6. The highest BCUT2D eigenvalue weighted by atomic mass is 79.9. The third kappa shape index (κ3) is 6.78. The molecule has 11 heteroatoms. The van der Waals surface area contributed by atoms with E-state index in [9.17, 15) is 9.59 Å². The van der Waals surface area contributed by atoms with Crippen molar-refractivity contribution in [1.29, 1.82) is 0 Å². The summed E-state index contributed by atoms with van der Waals surface area (Å²) in [5, 5.41) is 14.6. The van der Waals surface area contributed by atoms with Crippen LogP contribution in [0.25, 0.3) is 6.08 Å². The van der Waals surface area contributed by atoms with Gasteiger partial charge < -0.3 is 19.5 Å². The quantitative estimate of drug-likeness (QED) is 0.370. The first-order valence-electron chi connectivity index (χ1n) is 10.1. The van der Waals surface area contributed by atoms with Crippen LogP contribution in [0, 0.1) is 0 Å². The van der Waals surface area contributed by atoms with Gasteiger partial charge in [-0.15, -0.1) is 10.2 Å². The summed E-state index contributed by atoms with van der Waals surface area (Å²) in [4.78, 5) is 24.5. The maximum absolute atomic E-state index is 12.3. The molecule has 0 fully saturated rings. The number of hydrogen-bond donors (Lipinski definition) is 2. The van der Waals surface area contributed by atoms with E-state index in [-0.39, 0.29) is 11.8 Å². The Morgan fingerprint density at radius 1 is 1.06 bits per heavy atom. The number of anilines is 1. The molecular weight excluding hydrogens is 524 g/mol. The molecule has 3 aromatic rings. The van der Waals surface area contributed by atoms with E-state index in [1.807, 2.05) is 6.07 Å². The van der Waals surface area contributed by atoms with Gasteiger partial charge in [-0.05, 0) is 42.0 Å². The van der Waals surface area contributed by atoms with E-state index < -0.39 is 0 Å². The Bertz CT molecular complexity index is 1170. The normalized spacial score (nSPS) is 10.7. The Hall–Kier alpha value is -3.44. The largest absolute Gasteiger partial charge is 0.493 e. The zero-order valence-electron chi connectivity index (χ0n) is 18.8. The van der Waals surface area contributed by atoms with Crippen molar-refractivity contribution in [3.63, 3.8) is 0 Å². The fourth-order valence-electron chi connectivity index (χ4n) is 2.94. The summed E-state index contributed by atoms with van der Waals surface area (Å²) in [7, 11) is 4.57. The minimum absolute atomic E-state index is 0.170. The zero-order chi connectivity index (χ0) is 24.5. The van der Waals surface area contributed by atoms with Gasteiger partial charge >= 0.3 is 0 Å². The fourth-order valence-corrected chi connectivity index (χ4v) is 4.08. The molecule has 0 aliphatic heterocycles. The number of ether oxygens (including phenoxy) is 3. The molecule has 2 N–H and O–H groups in total. The molecule has 2 aromatic carbocycles. The molecule has 34 heavy (non-hydrogen) atoms. The van der Waals surface area contributed by atoms with Crippen LogP contribution in [0.2, 0.25) is 0 Å². The van der Waals surface area contributed by atoms with Crippen molar-refractivity contribution < 1.29 is 23.8 Å². The van der Waals surface area contributed by atoms with Crippen LogP contribution < -0.4 is 24.8 Å². The molecule has 0 unspecified atom stereocenters. The topological polar surface area (TPSA) is 112 Å². The predicted molar refractivity (Wildman–Crippen MR) is 134 cm³/mol. The summed E-state index contributed by atoms with van der Waals surface area (Å²) in [6.45, 7) is 0.398. The molecule has 178 valence electrons. The van der Waals surface area contributed by atoms with E-state index in [2.05, 4.69) is 36.8 Å². The maximum Gasteiger partial charge on any atom is 0.251 e. The molecule has 0 aliphatic rings. The molecule has 0 saturated heterocycles. The highest BCUT2D eigenvalue weighted by Gasteiger charge is 2.13. The van der Waals surface area contributed by atoms with E-state index in [0.717, 1.165) is 4.47 Å². The average Bonchev–Trinajstić information content (AvgIpc) is 3.28. The summed E-state index contributed by atoms with van der Waals surface area (Å²) >= 11 is 4.59. The number of nitrogens with zero attached hydrogens (tertiary/aromatic N) is 2. The van der Waals surface area contributed by atoms with Crippen molar-refractivity contribution in [3.8, 4) is 17.2 Å². The van der Waals surface area contributed by atoms with Crippen molar-refractivity contribution in [2.24, 2.45) is 0 Å². The lowest BCUT2D eigenvalue weighted by molar-refractivity contribution is -0.111. The third-order valence-electron chi connectivity index (χ3n) is 4.52. The van der Waals surface area contributed by atoms with Gasteiger partial charge in [0.15, 0.2) is 11.5 Å². The highest BCUT2D eigenvalue weighted by molar-refractivity contribution is 9.10. The first-order valence-corrected chi connectivity index (χ1v) is 11.7. The summed E-state index contributed by atoms with van der Waals surface area (Å²) in [5.41, 5.74) is 1.27. The van der Waals surface area contributed by atoms with E-state index in [4.69, 9.17) is 14.2 Å². The van der Waals surface area contributed by atoms with Crippen LogP contribution in [0.3, 0.4) is 0 Å². The molecule has 1 aromatic heterocycles. The monoisotopic (exact) mass is 546 g/mol. The Labute approximate surface area is 209 Å². The van der Waals surface area contributed by atoms with E-state index in [0.29, 0.717) is 51.5 Å². The summed E-state index contributed by atoms with van der Waals surface area (Å²) < 4.78 is 16.8. The van der Waals surface area contributed by atoms with Crippen LogP contribution in [-0.2, 0) is 11.2 Å². The number of amides is 2. The standard InChI is InChI=1S/C23H23BrN4O5S/c1-31-17-11-14(12-18(32-2)21(17)33-3)7-8-19(29)26-23-28-27-20(34-23)9-10-25-22(30)15-5-4-6-16(24)13-15/h4-8,11-13H,9-10H2,1-3H3,(H,25,30)(H,26,28,29)/b8-7+. The van der Waals surface area contributed by atoms with Crippen molar-refractivity contribution in [2.75, 3.05) is 33.2 Å². The molecule has 0 atom stereocenters. The number of benzene rings is 2. The van der Waals surface area contributed by atoms with Gasteiger partial charge in [0.05, 0.1) is 21.3 Å². The van der Waals surface area contributed by atoms with Crippen molar-refractivity contribution in [1.82, 2.24) is 15.5 Å². The molecule has 0 saturated carbocycles. The zero-order valence-corrected chi connectivity index (χ0v) is 21.2. The lowest BCUT2D eigenvalue weighted by Gasteiger charge is -2.12. The molecule has 0 aliphatic carbocycles. The number of rotatable bonds is 10. The van der Waals surface area contributed by atoms with Crippen LogP contribution >= 0.6 is 27.3 Å². The van der Waals surface area contributed by atoms with Gasteiger partial charge in [-0.25, -0.2) is 0 Å². The molecule has 9 nitrogen and oxygen atoms in total. The van der Waals surface area contributed by atoms with E-state index in [1.165, 1.54) is 38.7 Å². The Morgan fingerprint density at radius 3 is 2.44 bits per heavy atom. The first-order chi connectivity index (χ1) is 16.4. The minimum atomic E-state index is -0.362. The number of carbonyl (C=O) groups excluding carboxylic acids is 2. The van der Waals surface area contributed by atoms with Gasteiger partial charge in [0.2, 0.25) is 16.8 Å². The van der Waals surface area contributed by atoms with Crippen LogP contribution in [0.5, 0.6) is 17.2 Å². The second kappa shape index (κ2) is 12.1. The van der Waals surface area contributed by atoms with Crippen LogP contribution in [-0.4, -0.2) is 49.9 Å². The number of aromatic nitrogens is 2. The van der Waals surface area contributed by atoms with Crippen LogP contribution in [0.4, 0.5) is 5.13 Å². The smallest absolute Gasteiger partial charge is 0.251 e. The Kier molecular flexibility index (Phi) is 9.00. The van der Waals surface area contributed by atoms with Gasteiger partial charge in [-0.3, -0.25) is 14.9 Å². The minimum Gasteiger partial charge on any atom is -0.493 e. The molecule has 3 rings (SSSR count). The second-order valence-electron chi connectivity index (χ2n) is 6.80. The highest BCUT2D eigenvalue weighted by Crippen LogP contribution is 2.38. The lowest BCUT2D eigenvalue weighted by Crippen LogP contribution is -2.25. The summed E-state index contributed by atoms with van der Waals surface area (Å²) in [5.74, 6) is 0.918. The Morgan fingerprint density at radius 2 is 1.79 bits per heavy atom. The average molecular weight is 547 g/mol. The van der Waals surface area contributed by atoms with Crippen molar-refractivity contribution >= 4 is 50.3 Å². The molecular formula is C23H23BrN4O5S.